The van der Waals surface area contributed by atoms with Gasteiger partial charge in [-0.05, 0) is 55.9 Å². The van der Waals surface area contributed by atoms with Crippen molar-refractivity contribution in [2.45, 2.75) is 0 Å². The molecule has 7 aromatic carbocycles. The zero-order chi connectivity index (χ0) is 45.8. The summed E-state index contributed by atoms with van der Waals surface area (Å²) < 4.78 is 208. The van der Waals surface area contributed by atoms with Gasteiger partial charge in [0.25, 0.3) is 0 Å². The molecule has 0 unspecified atom stereocenters. The van der Waals surface area contributed by atoms with Gasteiger partial charge in [0.1, 0.15) is 11.2 Å². The van der Waals surface area contributed by atoms with Gasteiger partial charge in [0, 0.05) is 21.9 Å². The summed E-state index contributed by atoms with van der Waals surface area (Å²) in [5.41, 5.74) is -4.58. The van der Waals surface area contributed by atoms with Gasteiger partial charge in [0.05, 0.1) is 31.5 Å². The maximum absolute atomic E-state index is 9.32. The summed E-state index contributed by atoms with van der Waals surface area (Å²) in [7, 11) is 0. The standard InChI is InChI=1S/C38H24O/c1-3-12-25(13-4-1)27-22-23-35-34(24-27)32-20-11-21-33(38(32)39-35)37-30-18-9-7-16-28(30)36(26-14-5-2-6-15-26)29-17-8-10-19-31(29)37/h1-24H/i1D,2D,3D,4D,5D,6D,7D,8D,9D,10D,11D,12D,14D,15D,16D,17D,18D,19D,20D,21D,22D,23D,24D. The molecule has 1 aromatic heterocycles. The fraction of sp³-hybridized carbons (Fsp3) is 0. The molecule has 0 radical (unpaired) electrons. The summed E-state index contributed by atoms with van der Waals surface area (Å²) in [4.78, 5) is 0. The second-order valence-electron chi connectivity index (χ2n) is 8.34. The van der Waals surface area contributed by atoms with Crippen molar-refractivity contribution in [3.05, 3.63) is 145 Å². The SMILES string of the molecule is [2H]c1cc(-c2c([2H])c([2H])c3oc4c(-c5c6c([2H])c([2H])c([2H])c([2H])c6c(-c6c([2H])c([2H])c([2H])c([2H])c6[2H])c6c([2H])c([2H])c([2H])c([2H])c56)c([2H])c([2H])c([2H])c4c3c2[2H])c([2H])c([2H])c1[2H]. The Morgan fingerprint density at radius 1 is 0.410 bits per heavy atom. The Morgan fingerprint density at radius 2 is 1.00 bits per heavy atom. The Kier molecular flexibility index (Phi) is 2.00. The van der Waals surface area contributed by atoms with Crippen LogP contribution in [-0.2, 0) is 0 Å². The number of hydrogen-bond acceptors (Lipinski definition) is 1. The molecule has 1 heterocycles. The lowest BCUT2D eigenvalue weighted by Gasteiger charge is -2.17. The molecule has 0 saturated carbocycles. The largest absolute Gasteiger partial charge is 0.455 e. The molecule has 0 aliphatic rings. The van der Waals surface area contributed by atoms with E-state index in [1.165, 1.54) is 0 Å². The van der Waals surface area contributed by atoms with E-state index < -0.39 is 210 Å². The van der Waals surface area contributed by atoms with Gasteiger partial charge in [0.2, 0.25) is 0 Å². The molecule has 0 N–H and O–H groups in total. The van der Waals surface area contributed by atoms with E-state index in [0.29, 0.717) is 0 Å². The molecule has 0 amide bonds. The van der Waals surface area contributed by atoms with Crippen molar-refractivity contribution in [1.29, 1.82) is 0 Å². The summed E-state index contributed by atoms with van der Waals surface area (Å²) in [6.07, 6.45) is 0. The first-order chi connectivity index (χ1) is 28.9. The Morgan fingerprint density at radius 3 is 1.72 bits per heavy atom. The summed E-state index contributed by atoms with van der Waals surface area (Å²) in [6.45, 7) is 0. The second-order valence-corrected chi connectivity index (χ2v) is 8.34. The van der Waals surface area contributed by atoms with Crippen LogP contribution in [0.5, 0.6) is 0 Å². The highest BCUT2D eigenvalue weighted by atomic mass is 16.3. The number of hydrogen-bond donors (Lipinski definition) is 0. The van der Waals surface area contributed by atoms with Gasteiger partial charge in [-0.2, -0.15) is 0 Å². The molecule has 0 aliphatic heterocycles. The normalized spacial score (nSPS) is 19.8. The Labute approximate surface area is 258 Å². The van der Waals surface area contributed by atoms with E-state index in [4.69, 9.17) is 27.7 Å². The predicted molar refractivity (Wildman–Crippen MR) is 165 cm³/mol. The lowest BCUT2D eigenvalue weighted by Crippen LogP contribution is -1.90. The molecule has 1 heteroatoms. The predicted octanol–water partition coefficient (Wildman–Crippen LogP) is 10.9. The zero-order valence-electron chi connectivity index (χ0n) is 42.5. The average molecular weight is 520 g/mol. The quantitative estimate of drug-likeness (QED) is 0.212. The summed E-state index contributed by atoms with van der Waals surface area (Å²) >= 11 is 0. The molecule has 182 valence electrons. The van der Waals surface area contributed by atoms with Gasteiger partial charge in [-0.3, -0.25) is 0 Å². The number of benzene rings is 7. The molecular formula is C38H24O. The number of rotatable bonds is 3. The number of para-hydroxylation sites is 1. The topological polar surface area (TPSA) is 13.1 Å². The summed E-state index contributed by atoms with van der Waals surface area (Å²) in [5.74, 6) is 0. The van der Waals surface area contributed by atoms with E-state index in [-0.39, 0.29) is 5.56 Å². The number of furan rings is 1. The smallest absolute Gasteiger partial charge is 0.143 e. The first kappa shape index (κ1) is 8.97. The van der Waals surface area contributed by atoms with Gasteiger partial charge in [-0.25, -0.2) is 0 Å². The van der Waals surface area contributed by atoms with Crippen molar-refractivity contribution < 1.29 is 35.9 Å². The minimum Gasteiger partial charge on any atom is -0.455 e. The van der Waals surface area contributed by atoms with E-state index in [1.807, 2.05) is 0 Å². The molecule has 0 spiro atoms. The maximum Gasteiger partial charge on any atom is 0.143 e. The van der Waals surface area contributed by atoms with Crippen LogP contribution in [0, 0.1) is 0 Å². The van der Waals surface area contributed by atoms with Crippen LogP contribution in [0.1, 0.15) is 31.5 Å². The van der Waals surface area contributed by atoms with Crippen molar-refractivity contribution in [2.75, 3.05) is 0 Å². The van der Waals surface area contributed by atoms with Crippen LogP contribution in [0.25, 0.3) is 76.9 Å². The van der Waals surface area contributed by atoms with Gasteiger partial charge >= 0.3 is 0 Å². The number of fused-ring (bicyclic) bond motifs is 5. The van der Waals surface area contributed by atoms with Crippen LogP contribution in [0.2, 0.25) is 0 Å². The van der Waals surface area contributed by atoms with Crippen molar-refractivity contribution in [1.82, 2.24) is 0 Å². The van der Waals surface area contributed by atoms with E-state index >= 15 is 0 Å². The van der Waals surface area contributed by atoms with Crippen LogP contribution >= 0.6 is 0 Å². The summed E-state index contributed by atoms with van der Waals surface area (Å²) in [5, 5.41) is -3.40. The molecule has 0 aliphatic carbocycles. The second kappa shape index (κ2) is 8.72. The molecule has 0 atom stereocenters. The highest BCUT2D eigenvalue weighted by Crippen LogP contribution is 2.46. The molecule has 0 saturated heterocycles. The molecule has 0 bridgehead atoms. The molecule has 0 fully saturated rings. The lowest BCUT2D eigenvalue weighted by molar-refractivity contribution is 0.670. The average Bonchev–Trinajstić information content (AvgIpc) is 3.65. The van der Waals surface area contributed by atoms with Gasteiger partial charge < -0.3 is 4.42 Å². The Bertz CT molecular complexity index is 3330. The van der Waals surface area contributed by atoms with Crippen molar-refractivity contribution in [2.24, 2.45) is 0 Å². The third-order valence-corrected chi connectivity index (χ3v) is 6.25. The highest BCUT2D eigenvalue weighted by Gasteiger charge is 2.20. The highest BCUT2D eigenvalue weighted by molar-refractivity contribution is 6.24. The van der Waals surface area contributed by atoms with E-state index in [2.05, 4.69) is 0 Å². The van der Waals surface area contributed by atoms with Gasteiger partial charge in [0.15, 0.2) is 0 Å². The fourth-order valence-corrected chi connectivity index (χ4v) is 4.65. The van der Waals surface area contributed by atoms with Crippen LogP contribution in [-0.4, -0.2) is 0 Å². The van der Waals surface area contributed by atoms with Crippen LogP contribution in [0.4, 0.5) is 0 Å². The van der Waals surface area contributed by atoms with Crippen molar-refractivity contribution >= 4 is 43.5 Å². The minimum absolute atomic E-state index is 0.363. The molecular weight excluding hydrogens is 472 g/mol. The zero-order valence-corrected chi connectivity index (χ0v) is 19.5. The molecule has 8 aromatic rings. The first-order valence-electron chi connectivity index (χ1n) is 23.0. The van der Waals surface area contributed by atoms with Gasteiger partial charge in [-0.15, -0.1) is 0 Å². The van der Waals surface area contributed by atoms with E-state index in [9.17, 15) is 8.22 Å². The summed E-state index contributed by atoms with van der Waals surface area (Å²) in [6, 6.07) is -18.0. The molecule has 8 rings (SSSR count). The van der Waals surface area contributed by atoms with Crippen LogP contribution in [0.15, 0.2) is 149 Å². The van der Waals surface area contributed by atoms with Crippen molar-refractivity contribution in [3.8, 4) is 33.4 Å². The third-order valence-electron chi connectivity index (χ3n) is 6.25. The minimum atomic E-state index is -0.913. The van der Waals surface area contributed by atoms with Crippen LogP contribution < -0.4 is 0 Å². The first-order valence-corrected chi connectivity index (χ1v) is 11.5. The van der Waals surface area contributed by atoms with E-state index in [0.717, 1.165) is 6.07 Å². The third kappa shape index (κ3) is 3.41. The van der Waals surface area contributed by atoms with Crippen LogP contribution in [0.3, 0.4) is 0 Å². The van der Waals surface area contributed by atoms with E-state index in [1.54, 1.807) is 0 Å². The monoisotopic (exact) mass is 519 g/mol. The fourth-order valence-electron chi connectivity index (χ4n) is 4.65. The molecule has 39 heavy (non-hydrogen) atoms. The lowest BCUT2D eigenvalue weighted by atomic mass is 9.85. The van der Waals surface area contributed by atoms with Gasteiger partial charge in [-0.1, -0.05) is 133 Å². The Balaban J connectivity index is 1.72. The molecule has 1 nitrogen and oxygen atoms in total. The Hall–Kier alpha value is -5.14. The maximum atomic E-state index is 9.32. The van der Waals surface area contributed by atoms with Crippen molar-refractivity contribution in [3.63, 3.8) is 0 Å².